The Morgan fingerprint density at radius 1 is 1.30 bits per heavy atom. The molecule has 2 aromatic rings. The highest BCUT2D eigenvalue weighted by atomic mass is 16.5. The number of hydrogen-bond acceptors (Lipinski definition) is 5. The van der Waals surface area contributed by atoms with Crippen LogP contribution >= 0.6 is 0 Å². The summed E-state index contributed by atoms with van der Waals surface area (Å²) in [6, 6.07) is 7.01. The van der Waals surface area contributed by atoms with Gasteiger partial charge in [0.25, 0.3) is 0 Å². The first-order valence-corrected chi connectivity index (χ1v) is 6.31. The predicted octanol–water partition coefficient (Wildman–Crippen LogP) is 2.22. The Bertz CT molecular complexity index is 576. The quantitative estimate of drug-likeness (QED) is 0.783. The third-order valence-electron chi connectivity index (χ3n) is 2.78. The molecule has 0 amide bonds. The van der Waals surface area contributed by atoms with Crippen molar-refractivity contribution in [1.82, 2.24) is 14.8 Å². The molecule has 1 heterocycles. The van der Waals surface area contributed by atoms with Crippen molar-refractivity contribution in [3.05, 3.63) is 42.0 Å². The lowest BCUT2D eigenvalue weighted by molar-refractivity contribution is 0.0600. The molecule has 1 aromatic carbocycles. The topological polar surface area (TPSA) is 66.2 Å². The molecular formula is C14H17N3O3. The molecule has 0 aliphatic heterocycles. The molecule has 0 fully saturated rings. The van der Waals surface area contributed by atoms with E-state index in [4.69, 9.17) is 4.74 Å². The first-order chi connectivity index (χ1) is 9.61. The smallest absolute Gasteiger partial charge is 0.337 e. The van der Waals surface area contributed by atoms with Gasteiger partial charge in [-0.1, -0.05) is 0 Å². The Labute approximate surface area is 117 Å². The largest absolute Gasteiger partial charge is 0.486 e. The summed E-state index contributed by atoms with van der Waals surface area (Å²) in [4.78, 5) is 15.5. The molecule has 0 bridgehead atoms. The summed E-state index contributed by atoms with van der Waals surface area (Å²) in [5.74, 6) is 1.06. The van der Waals surface area contributed by atoms with Crippen LogP contribution in [0.5, 0.6) is 5.75 Å². The number of rotatable bonds is 5. The number of ether oxygens (including phenoxy) is 2. The molecule has 0 aliphatic rings. The molecule has 1 aromatic heterocycles. The number of aromatic nitrogens is 3. The summed E-state index contributed by atoms with van der Waals surface area (Å²) in [7, 11) is 1.35. The van der Waals surface area contributed by atoms with E-state index < -0.39 is 0 Å². The van der Waals surface area contributed by atoms with E-state index in [-0.39, 0.29) is 12.0 Å². The van der Waals surface area contributed by atoms with E-state index in [1.54, 1.807) is 24.3 Å². The number of nitrogens with zero attached hydrogens (tertiary/aromatic N) is 3. The third-order valence-corrected chi connectivity index (χ3v) is 2.78. The Hall–Kier alpha value is -2.37. The second kappa shape index (κ2) is 6.18. The van der Waals surface area contributed by atoms with Gasteiger partial charge in [0.15, 0.2) is 5.82 Å². The third kappa shape index (κ3) is 3.14. The highest BCUT2D eigenvalue weighted by molar-refractivity contribution is 5.89. The van der Waals surface area contributed by atoms with Crippen LogP contribution in [0, 0.1) is 0 Å². The molecule has 6 nitrogen and oxygen atoms in total. The van der Waals surface area contributed by atoms with Crippen LogP contribution in [0.1, 0.15) is 36.1 Å². The van der Waals surface area contributed by atoms with E-state index in [9.17, 15) is 4.79 Å². The van der Waals surface area contributed by atoms with E-state index in [0.717, 1.165) is 5.82 Å². The number of carbonyl (C=O) groups excluding carboxylic acids is 1. The van der Waals surface area contributed by atoms with Crippen molar-refractivity contribution in [2.24, 2.45) is 0 Å². The van der Waals surface area contributed by atoms with Gasteiger partial charge in [0.1, 0.15) is 18.7 Å². The van der Waals surface area contributed by atoms with Gasteiger partial charge in [0, 0.05) is 6.04 Å². The molecule has 106 valence electrons. The Morgan fingerprint density at radius 3 is 2.60 bits per heavy atom. The van der Waals surface area contributed by atoms with Crippen molar-refractivity contribution < 1.29 is 14.3 Å². The number of carbonyl (C=O) groups is 1. The van der Waals surface area contributed by atoms with Crippen LogP contribution in [-0.4, -0.2) is 27.8 Å². The number of esters is 1. The van der Waals surface area contributed by atoms with Crippen LogP contribution in [0.15, 0.2) is 30.6 Å². The van der Waals surface area contributed by atoms with Crippen molar-refractivity contribution in [3.63, 3.8) is 0 Å². The summed E-state index contributed by atoms with van der Waals surface area (Å²) in [5, 5.41) is 4.14. The fraction of sp³-hybridized carbons (Fsp3) is 0.357. The second-order valence-corrected chi connectivity index (χ2v) is 4.52. The average molecular weight is 275 g/mol. The lowest BCUT2D eigenvalue weighted by Crippen LogP contribution is -2.10. The highest BCUT2D eigenvalue weighted by Gasteiger charge is 2.09. The van der Waals surface area contributed by atoms with E-state index in [1.807, 2.05) is 18.5 Å². The van der Waals surface area contributed by atoms with Gasteiger partial charge in [-0.25, -0.2) is 14.5 Å². The van der Waals surface area contributed by atoms with Crippen molar-refractivity contribution in [2.45, 2.75) is 26.5 Å². The van der Waals surface area contributed by atoms with E-state index >= 15 is 0 Å². The number of methoxy groups -OCH3 is 1. The Kier molecular flexibility index (Phi) is 4.34. The van der Waals surface area contributed by atoms with Crippen LogP contribution in [-0.2, 0) is 11.3 Å². The SMILES string of the molecule is COC(=O)c1ccc(OCc2ncnn2C(C)C)cc1. The first kappa shape index (κ1) is 14.0. The van der Waals surface area contributed by atoms with E-state index in [2.05, 4.69) is 14.8 Å². The zero-order valence-corrected chi connectivity index (χ0v) is 11.7. The molecule has 20 heavy (non-hydrogen) atoms. The summed E-state index contributed by atoms with van der Waals surface area (Å²) in [6.45, 7) is 4.39. The molecular weight excluding hydrogens is 258 g/mol. The van der Waals surface area contributed by atoms with Crippen LogP contribution in [0.25, 0.3) is 0 Å². The predicted molar refractivity (Wildman–Crippen MR) is 72.5 cm³/mol. The maximum atomic E-state index is 11.3. The number of benzene rings is 1. The first-order valence-electron chi connectivity index (χ1n) is 6.31. The van der Waals surface area contributed by atoms with Crippen molar-refractivity contribution in [2.75, 3.05) is 7.11 Å². The molecule has 0 N–H and O–H groups in total. The van der Waals surface area contributed by atoms with Gasteiger partial charge in [0.2, 0.25) is 0 Å². The Morgan fingerprint density at radius 2 is 2.00 bits per heavy atom. The van der Waals surface area contributed by atoms with E-state index in [1.165, 1.54) is 13.4 Å². The fourth-order valence-corrected chi connectivity index (χ4v) is 1.76. The molecule has 6 heteroatoms. The maximum absolute atomic E-state index is 11.3. The van der Waals surface area contributed by atoms with Crippen molar-refractivity contribution in [1.29, 1.82) is 0 Å². The van der Waals surface area contributed by atoms with Crippen molar-refractivity contribution >= 4 is 5.97 Å². The van der Waals surface area contributed by atoms with E-state index in [0.29, 0.717) is 17.9 Å². The second-order valence-electron chi connectivity index (χ2n) is 4.52. The lowest BCUT2D eigenvalue weighted by atomic mass is 10.2. The molecule has 2 rings (SSSR count). The molecule has 0 radical (unpaired) electrons. The van der Waals surface area contributed by atoms with Crippen LogP contribution in [0.2, 0.25) is 0 Å². The van der Waals surface area contributed by atoms with Gasteiger partial charge in [-0.05, 0) is 38.1 Å². The monoisotopic (exact) mass is 275 g/mol. The Balaban J connectivity index is 2.00. The van der Waals surface area contributed by atoms with Gasteiger partial charge < -0.3 is 9.47 Å². The van der Waals surface area contributed by atoms with Gasteiger partial charge in [-0.3, -0.25) is 0 Å². The molecule has 0 aliphatic carbocycles. The number of hydrogen-bond donors (Lipinski definition) is 0. The highest BCUT2D eigenvalue weighted by Crippen LogP contribution is 2.15. The molecule has 0 unspecified atom stereocenters. The molecule has 0 saturated heterocycles. The fourth-order valence-electron chi connectivity index (χ4n) is 1.76. The van der Waals surface area contributed by atoms with Gasteiger partial charge in [-0.2, -0.15) is 5.10 Å². The normalized spacial score (nSPS) is 10.6. The summed E-state index contributed by atoms with van der Waals surface area (Å²) in [6.07, 6.45) is 1.51. The minimum atomic E-state index is -0.365. The summed E-state index contributed by atoms with van der Waals surface area (Å²) in [5.41, 5.74) is 0.491. The lowest BCUT2D eigenvalue weighted by Gasteiger charge is -2.10. The van der Waals surface area contributed by atoms with Crippen molar-refractivity contribution in [3.8, 4) is 5.75 Å². The van der Waals surface area contributed by atoms with Gasteiger partial charge >= 0.3 is 5.97 Å². The zero-order chi connectivity index (χ0) is 14.5. The molecule has 0 atom stereocenters. The van der Waals surface area contributed by atoms with Gasteiger partial charge in [-0.15, -0.1) is 0 Å². The maximum Gasteiger partial charge on any atom is 0.337 e. The van der Waals surface area contributed by atoms with Crippen LogP contribution in [0.3, 0.4) is 0 Å². The standard InChI is InChI=1S/C14H17N3O3/c1-10(2)17-13(15-9-16-17)8-20-12-6-4-11(5-7-12)14(18)19-3/h4-7,9-10H,8H2,1-3H3. The minimum absolute atomic E-state index is 0.234. The van der Waals surface area contributed by atoms with Gasteiger partial charge in [0.05, 0.1) is 12.7 Å². The zero-order valence-electron chi connectivity index (χ0n) is 11.7. The summed E-state index contributed by atoms with van der Waals surface area (Å²) < 4.78 is 12.1. The van der Waals surface area contributed by atoms with Crippen LogP contribution in [0.4, 0.5) is 0 Å². The van der Waals surface area contributed by atoms with Crippen LogP contribution < -0.4 is 4.74 Å². The minimum Gasteiger partial charge on any atom is -0.486 e. The average Bonchev–Trinajstić information content (AvgIpc) is 2.93. The summed E-state index contributed by atoms with van der Waals surface area (Å²) >= 11 is 0. The molecule has 0 saturated carbocycles. The molecule has 0 spiro atoms.